The molecule has 0 fully saturated rings. The lowest BCUT2D eigenvalue weighted by Gasteiger charge is -2.07. The van der Waals surface area contributed by atoms with Crippen LogP contribution in [0.15, 0.2) is 47.6 Å². The van der Waals surface area contributed by atoms with E-state index >= 15 is 0 Å². The molecule has 114 valence electrons. The predicted octanol–water partition coefficient (Wildman–Crippen LogP) is 3.23. The number of hydrogen-bond acceptors (Lipinski definition) is 4. The van der Waals surface area contributed by atoms with Crippen molar-refractivity contribution in [1.82, 2.24) is 5.43 Å². The van der Waals surface area contributed by atoms with Crippen molar-refractivity contribution in [3.05, 3.63) is 58.1 Å². The Balaban J connectivity index is 1.86. The van der Waals surface area contributed by atoms with Gasteiger partial charge in [0.25, 0.3) is 5.91 Å². The minimum Gasteiger partial charge on any atom is -0.507 e. The molecule has 0 spiro atoms. The first kappa shape index (κ1) is 16.1. The molecule has 0 bridgehead atoms. The molecule has 2 aromatic rings. The fraction of sp³-hybridized carbons (Fsp3) is 0.0667. The first-order valence-electron chi connectivity index (χ1n) is 6.24. The quantitative estimate of drug-likeness (QED) is 0.649. The smallest absolute Gasteiger partial charge is 0.277 e. The zero-order valence-electron chi connectivity index (χ0n) is 11.3. The number of para-hydroxylation sites is 1. The Morgan fingerprint density at radius 1 is 1.27 bits per heavy atom. The van der Waals surface area contributed by atoms with Gasteiger partial charge in [-0.05, 0) is 24.3 Å². The van der Waals surface area contributed by atoms with Gasteiger partial charge in [-0.25, -0.2) is 5.43 Å². The number of nitrogens with zero attached hydrogens (tertiary/aromatic N) is 1. The minimum absolute atomic E-state index is 0.0717. The molecule has 0 aliphatic rings. The third-order valence-corrected chi connectivity index (χ3v) is 3.13. The summed E-state index contributed by atoms with van der Waals surface area (Å²) in [5, 5.41) is 14.1. The Hall–Kier alpha value is -2.24. The number of halogens is 2. The molecule has 1 amide bonds. The number of carbonyl (C=O) groups excluding carboxylic acids is 1. The van der Waals surface area contributed by atoms with Crippen LogP contribution >= 0.6 is 23.2 Å². The van der Waals surface area contributed by atoms with Gasteiger partial charge in [-0.1, -0.05) is 35.3 Å². The Bertz CT molecular complexity index is 705. The topological polar surface area (TPSA) is 70.9 Å². The molecule has 0 radical (unpaired) electrons. The number of hydrogen-bond donors (Lipinski definition) is 2. The van der Waals surface area contributed by atoms with Gasteiger partial charge in [0.05, 0.1) is 11.2 Å². The number of hydrazone groups is 1. The van der Waals surface area contributed by atoms with E-state index in [4.69, 9.17) is 27.9 Å². The van der Waals surface area contributed by atoms with Crippen LogP contribution in [0.25, 0.3) is 0 Å². The van der Waals surface area contributed by atoms with E-state index in [9.17, 15) is 9.90 Å². The summed E-state index contributed by atoms with van der Waals surface area (Å²) in [7, 11) is 0. The van der Waals surface area contributed by atoms with Gasteiger partial charge in [0, 0.05) is 16.7 Å². The highest BCUT2D eigenvalue weighted by Gasteiger charge is 2.06. The lowest BCUT2D eigenvalue weighted by atomic mass is 10.2. The number of rotatable bonds is 5. The summed E-state index contributed by atoms with van der Waals surface area (Å²) in [5.74, 6) is -0.0841. The molecule has 5 nitrogen and oxygen atoms in total. The van der Waals surface area contributed by atoms with Crippen molar-refractivity contribution in [1.29, 1.82) is 0 Å². The van der Waals surface area contributed by atoms with Gasteiger partial charge in [-0.3, -0.25) is 4.79 Å². The summed E-state index contributed by atoms with van der Waals surface area (Å²) in [5.41, 5.74) is 2.77. The van der Waals surface area contributed by atoms with Crippen molar-refractivity contribution in [2.45, 2.75) is 0 Å². The van der Waals surface area contributed by atoms with E-state index in [0.717, 1.165) is 0 Å². The third-order valence-electron chi connectivity index (χ3n) is 2.58. The van der Waals surface area contributed by atoms with Crippen LogP contribution in [0.3, 0.4) is 0 Å². The van der Waals surface area contributed by atoms with E-state index in [1.165, 1.54) is 18.3 Å². The standard InChI is InChI=1S/C15H12Cl2N2O3/c16-11-5-6-12(17)14(7-11)22-9-15(21)19-18-8-10-3-1-2-4-13(10)20/h1-8,20H,9H2,(H,19,21)/b18-8+. The van der Waals surface area contributed by atoms with Crippen LogP contribution in [0.4, 0.5) is 0 Å². The van der Waals surface area contributed by atoms with Gasteiger partial charge < -0.3 is 9.84 Å². The number of phenols is 1. The lowest BCUT2D eigenvalue weighted by molar-refractivity contribution is -0.123. The molecule has 0 unspecified atom stereocenters. The monoisotopic (exact) mass is 338 g/mol. The van der Waals surface area contributed by atoms with Gasteiger partial charge >= 0.3 is 0 Å². The normalized spacial score (nSPS) is 10.6. The van der Waals surface area contributed by atoms with Gasteiger partial charge in [-0.2, -0.15) is 5.10 Å². The molecule has 0 heterocycles. The molecular weight excluding hydrogens is 327 g/mol. The number of amides is 1. The van der Waals surface area contributed by atoms with Crippen LogP contribution < -0.4 is 10.2 Å². The first-order chi connectivity index (χ1) is 10.6. The average Bonchev–Trinajstić information content (AvgIpc) is 2.50. The highest BCUT2D eigenvalue weighted by Crippen LogP contribution is 2.27. The lowest BCUT2D eigenvalue weighted by Crippen LogP contribution is -2.24. The predicted molar refractivity (Wildman–Crippen MR) is 85.8 cm³/mol. The third kappa shape index (κ3) is 4.65. The second-order valence-electron chi connectivity index (χ2n) is 4.22. The maximum atomic E-state index is 11.6. The minimum atomic E-state index is -0.470. The largest absolute Gasteiger partial charge is 0.507 e. The molecule has 0 aliphatic carbocycles. The van der Waals surface area contributed by atoms with E-state index in [0.29, 0.717) is 21.4 Å². The highest BCUT2D eigenvalue weighted by atomic mass is 35.5. The fourth-order valence-electron chi connectivity index (χ4n) is 1.53. The summed E-state index contributed by atoms with van der Waals surface area (Å²) < 4.78 is 5.25. The van der Waals surface area contributed by atoms with Crippen LogP contribution in [0.2, 0.25) is 10.0 Å². The van der Waals surface area contributed by atoms with E-state index in [1.807, 2.05) is 0 Å². The van der Waals surface area contributed by atoms with Crippen LogP contribution in [0, 0.1) is 0 Å². The fourth-order valence-corrected chi connectivity index (χ4v) is 1.87. The molecule has 0 aliphatic heterocycles. The molecule has 0 aromatic heterocycles. The average molecular weight is 339 g/mol. The Morgan fingerprint density at radius 2 is 2.05 bits per heavy atom. The van der Waals surface area contributed by atoms with Crippen LogP contribution in [-0.2, 0) is 4.79 Å². The van der Waals surface area contributed by atoms with Gasteiger partial charge in [0.1, 0.15) is 11.5 Å². The molecule has 0 saturated carbocycles. The number of ether oxygens (including phenoxy) is 1. The summed E-state index contributed by atoms with van der Waals surface area (Å²) in [6.45, 7) is -0.266. The number of aromatic hydroxyl groups is 1. The number of nitrogens with one attached hydrogen (secondary N) is 1. The van der Waals surface area contributed by atoms with Gasteiger partial charge in [0.2, 0.25) is 0 Å². The molecule has 22 heavy (non-hydrogen) atoms. The van der Waals surface area contributed by atoms with Crippen LogP contribution in [-0.4, -0.2) is 23.8 Å². The molecule has 2 aromatic carbocycles. The molecule has 2 rings (SSSR count). The van der Waals surface area contributed by atoms with Gasteiger partial charge in [-0.15, -0.1) is 0 Å². The van der Waals surface area contributed by atoms with Crippen molar-refractivity contribution in [2.24, 2.45) is 5.10 Å². The van der Waals surface area contributed by atoms with Crippen molar-refractivity contribution < 1.29 is 14.6 Å². The molecule has 7 heteroatoms. The van der Waals surface area contributed by atoms with Crippen molar-refractivity contribution in [3.8, 4) is 11.5 Å². The number of carbonyl (C=O) groups is 1. The summed E-state index contributed by atoms with van der Waals surface area (Å²) in [6, 6.07) is 11.3. The van der Waals surface area contributed by atoms with E-state index in [2.05, 4.69) is 10.5 Å². The summed E-state index contributed by atoms with van der Waals surface area (Å²) in [6.07, 6.45) is 1.33. The SMILES string of the molecule is O=C(COc1cc(Cl)ccc1Cl)N/N=C/c1ccccc1O. The summed E-state index contributed by atoms with van der Waals surface area (Å²) in [4.78, 5) is 11.6. The first-order valence-corrected chi connectivity index (χ1v) is 6.99. The van der Waals surface area contributed by atoms with E-state index in [-0.39, 0.29) is 12.4 Å². The second-order valence-corrected chi connectivity index (χ2v) is 5.06. The second kappa shape index (κ2) is 7.68. The van der Waals surface area contributed by atoms with Gasteiger partial charge in [0.15, 0.2) is 6.61 Å². The zero-order valence-corrected chi connectivity index (χ0v) is 12.8. The Labute approximate surface area is 137 Å². The highest BCUT2D eigenvalue weighted by molar-refractivity contribution is 6.34. The maximum Gasteiger partial charge on any atom is 0.277 e. The molecular formula is C15H12Cl2N2O3. The molecule has 2 N–H and O–H groups in total. The number of benzene rings is 2. The van der Waals surface area contributed by atoms with Crippen molar-refractivity contribution >= 4 is 35.3 Å². The van der Waals surface area contributed by atoms with E-state index < -0.39 is 5.91 Å². The summed E-state index contributed by atoms with van der Waals surface area (Å²) >= 11 is 11.7. The zero-order chi connectivity index (χ0) is 15.9. The van der Waals surface area contributed by atoms with Crippen LogP contribution in [0.1, 0.15) is 5.56 Å². The van der Waals surface area contributed by atoms with Crippen LogP contribution in [0.5, 0.6) is 11.5 Å². The number of phenolic OH excluding ortho intramolecular Hbond substituents is 1. The Kier molecular flexibility index (Phi) is 5.63. The van der Waals surface area contributed by atoms with Crippen molar-refractivity contribution in [2.75, 3.05) is 6.61 Å². The van der Waals surface area contributed by atoms with Crippen molar-refractivity contribution in [3.63, 3.8) is 0 Å². The van der Waals surface area contributed by atoms with E-state index in [1.54, 1.807) is 30.3 Å². The molecule has 0 saturated heterocycles. The maximum absolute atomic E-state index is 11.6. The molecule has 0 atom stereocenters. The Morgan fingerprint density at radius 3 is 2.82 bits per heavy atom.